The van der Waals surface area contributed by atoms with E-state index in [2.05, 4.69) is 15.9 Å². The molecular formula is C15H13BrF2O3. The minimum atomic E-state index is -0.669. The summed E-state index contributed by atoms with van der Waals surface area (Å²) in [6.45, 7) is -0.207. The van der Waals surface area contributed by atoms with Crippen molar-refractivity contribution in [1.29, 1.82) is 0 Å². The molecule has 112 valence electrons. The molecule has 3 nitrogen and oxygen atoms in total. The van der Waals surface area contributed by atoms with Gasteiger partial charge in [0.25, 0.3) is 0 Å². The van der Waals surface area contributed by atoms with Crippen LogP contribution in [0.15, 0.2) is 34.8 Å². The van der Waals surface area contributed by atoms with Crippen LogP contribution in [0.25, 0.3) is 0 Å². The van der Waals surface area contributed by atoms with Crippen LogP contribution in [-0.4, -0.2) is 12.2 Å². The van der Waals surface area contributed by atoms with E-state index >= 15 is 0 Å². The molecule has 21 heavy (non-hydrogen) atoms. The third-order valence-electron chi connectivity index (χ3n) is 2.86. The van der Waals surface area contributed by atoms with E-state index in [1.807, 2.05) is 0 Å². The summed E-state index contributed by atoms with van der Waals surface area (Å²) in [6.07, 6.45) is 0. The molecule has 0 aromatic heterocycles. The molecule has 0 aliphatic heterocycles. The molecule has 0 amide bonds. The molecule has 0 bridgehead atoms. The summed E-state index contributed by atoms with van der Waals surface area (Å²) in [5.74, 6) is -0.506. The maximum absolute atomic E-state index is 13.6. The highest BCUT2D eigenvalue weighted by molar-refractivity contribution is 9.10. The SMILES string of the molecule is COc1cc(CO)cc(Br)c1OCc1ccc(F)cc1F. The molecule has 6 heteroatoms. The van der Waals surface area contributed by atoms with Crippen LogP contribution in [0.4, 0.5) is 8.78 Å². The molecule has 1 N–H and O–H groups in total. The third kappa shape index (κ3) is 3.71. The van der Waals surface area contributed by atoms with Gasteiger partial charge in [-0.1, -0.05) is 0 Å². The van der Waals surface area contributed by atoms with Crippen molar-refractivity contribution in [3.63, 3.8) is 0 Å². The predicted molar refractivity (Wildman–Crippen MR) is 77.3 cm³/mol. The standard InChI is InChI=1S/C15H13BrF2O3/c1-20-14-5-9(7-19)4-12(16)15(14)21-8-10-2-3-11(17)6-13(10)18/h2-6,19H,7-8H2,1H3. The molecular weight excluding hydrogens is 346 g/mol. The molecule has 0 aliphatic rings. The van der Waals surface area contributed by atoms with Crippen LogP contribution >= 0.6 is 15.9 Å². The van der Waals surface area contributed by atoms with Crippen LogP contribution in [0, 0.1) is 11.6 Å². The smallest absolute Gasteiger partial charge is 0.175 e. The van der Waals surface area contributed by atoms with Gasteiger partial charge in [0.1, 0.15) is 18.2 Å². The minimum Gasteiger partial charge on any atom is -0.493 e. The zero-order valence-electron chi connectivity index (χ0n) is 11.2. The molecule has 0 atom stereocenters. The van der Waals surface area contributed by atoms with Gasteiger partial charge in [-0.3, -0.25) is 0 Å². The summed E-state index contributed by atoms with van der Waals surface area (Å²) in [4.78, 5) is 0. The Balaban J connectivity index is 2.23. The second kappa shape index (κ2) is 6.87. The van der Waals surface area contributed by atoms with Gasteiger partial charge >= 0.3 is 0 Å². The largest absolute Gasteiger partial charge is 0.493 e. The number of benzene rings is 2. The van der Waals surface area contributed by atoms with Crippen molar-refractivity contribution in [2.45, 2.75) is 13.2 Å². The predicted octanol–water partition coefficient (Wildman–Crippen LogP) is 3.81. The summed E-state index contributed by atoms with van der Waals surface area (Å²) in [6, 6.07) is 6.61. The Bertz CT molecular complexity index is 647. The van der Waals surface area contributed by atoms with Crippen molar-refractivity contribution < 1.29 is 23.4 Å². The highest BCUT2D eigenvalue weighted by Gasteiger charge is 2.13. The van der Waals surface area contributed by atoms with Crippen LogP contribution < -0.4 is 9.47 Å². The number of hydrogen-bond donors (Lipinski definition) is 1. The van der Waals surface area contributed by atoms with Crippen molar-refractivity contribution in [1.82, 2.24) is 0 Å². The lowest BCUT2D eigenvalue weighted by atomic mass is 10.2. The normalized spacial score (nSPS) is 10.5. The number of halogens is 3. The van der Waals surface area contributed by atoms with Crippen molar-refractivity contribution in [2.24, 2.45) is 0 Å². The van der Waals surface area contributed by atoms with Crippen molar-refractivity contribution >= 4 is 15.9 Å². The fourth-order valence-electron chi connectivity index (χ4n) is 1.79. The molecule has 0 saturated heterocycles. The van der Waals surface area contributed by atoms with Crippen molar-refractivity contribution in [2.75, 3.05) is 7.11 Å². The molecule has 0 fully saturated rings. The first-order chi connectivity index (χ1) is 10.0. The van der Waals surface area contributed by atoms with Gasteiger partial charge in [-0.05, 0) is 45.8 Å². The van der Waals surface area contributed by atoms with E-state index in [1.54, 1.807) is 12.1 Å². The Morgan fingerprint density at radius 1 is 1.19 bits per heavy atom. The Hall–Kier alpha value is -1.66. The van der Waals surface area contributed by atoms with Gasteiger partial charge in [0.15, 0.2) is 11.5 Å². The monoisotopic (exact) mass is 358 g/mol. The Kier molecular flexibility index (Phi) is 5.14. The first kappa shape index (κ1) is 15.7. The highest BCUT2D eigenvalue weighted by Crippen LogP contribution is 2.37. The van der Waals surface area contributed by atoms with Crippen molar-refractivity contribution in [3.8, 4) is 11.5 Å². The minimum absolute atomic E-state index is 0.0699. The summed E-state index contributed by atoms with van der Waals surface area (Å²) < 4.78 is 37.7. The fourth-order valence-corrected chi connectivity index (χ4v) is 2.40. The molecule has 0 heterocycles. The quantitative estimate of drug-likeness (QED) is 0.883. The molecule has 2 aromatic carbocycles. The van der Waals surface area contributed by atoms with Gasteiger partial charge in [-0.15, -0.1) is 0 Å². The summed E-state index contributed by atoms with van der Waals surface area (Å²) in [5, 5.41) is 9.14. The van der Waals surface area contributed by atoms with Gasteiger partial charge in [0, 0.05) is 11.6 Å². The first-order valence-electron chi connectivity index (χ1n) is 6.09. The number of methoxy groups -OCH3 is 1. The Morgan fingerprint density at radius 3 is 2.57 bits per heavy atom. The molecule has 0 saturated carbocycles. The lowest BCUT2D eigenvalue weighted by Crippen LogP contribution is -2.02. The van der Waals surface area contributed by atoms with Crippen LogP contribution in [0.5, 0.6) is 11.5 Å². The summed E-state index contributed by atoms with van der Waals surface area (Å²) in [7, 11) is 1.47. The van der Waals surface area contributed by atoms with Crippen LogP contribution in [0.3, 0.4) is 0 Å². The van der Waals surface area contributed by atoms with E-state index in [4.69, 9.17) is 14.6 Å². The Labute approximate surface area is 129 Å². The molecule has 0 aliphatic carbocycles. The molecule has 0 unspecified atom stereocenters. The van der Waals surface area contributed by atoms with E-state index in [0.717, 1.165) is 6.07 Å². The van der Waals surface area contributed by atoms with E-state index in [9.17, 15) is 8.78 Å². The number of aliphatic hydroxyl groups is 1. The lowest BCUT2D eigenvalue weighted by molar-refractivity contribution is 0.270. The zero-order valence-corrected chi connectivity index (χ0v) is 12.8. The second-order valence-corrected chi connectivity index (χ2v) is 5.15. The third-order valence-corrected chi connectivity index (χ3v) is 3.45. The number of rotatable bonds is 5. The lowest BCUT2D eigenvalue weighted by Gasteiger charge is -2.14. The summed E-state index contributed by atoms with van der Waals surface area (Å²) in [5.41, 5.74) is 0.885. The maximum atomic E-state index is 13.6. The Morgan fingerprint density at radius 2 is 1.95 bits per heavy atom. The van der Waals surface area contributed by atoms with Gasteiger partial charge in [-0.2, -0.15) is 0 Å². The van der Waals surface area contributed by atoms with Crippen LogP contribution in [0.1, 0.15) is 11.1 Å². The first-order valence-corrected chi connectivity index (χ1v) is 6.88. The van der Waals surface area contributed by atoms with E-state index in [1.165, 1.54) is 19.2 Å². The second-order valence-electron chi connectivity index (χ2n) is 4.29. The van der Waals surface area contributed by atoms with Gasteiger partial charge in [0.05, 0.1) is 18.2 Å². The maximum Gasteiger partial charge on any atom is 0.175 e. The van der Waals surface area contributed by atoms with Crippen molar-refractivity contribution in [3.05, 3.63) is 57.6 Å². The zero-order chi connectivity index (χ0) is 15.4. The van der Waals surface area contributed by atoms with E-state index < -0.39 is 11.6 Å². The average Bonchev–Trinajstić information content (AvgIpc) is 2.46. The van der Waals surface area contributed by atoms with E-state index in [-0.39, 0.29) is 18.8 Å². The molecule has 2 rings (SSSR count). The van der Waals surface area contributed by atoms with E-state index in [0.29, 0.717) is 21.5 Å². The average molecular weight is 359 g/mol. The highest BCUT2D eigenvalue weighted by atomic mass is 79.9. The van der Waals surface area contributed by atoms with Gasteiger partial charge in [0.2, 0.25) is 0 Å². The van der Waals surface area contributed by atoms with Gasteiger partial charge < -0.3 is 14.6 Å². The number of aliphatic hydroxyl groups excluding tert-OH is 1. The van der Waals surface area contributed by atoms with Crippen LogP contribution in [-0.2, 0) is 13.2 Å². The number of hydrogen-bond acceptors (Lipinski definition) is 3. The molecule has 2 aromatic rings. The summed E-state index contributed by atoms with van der Waals surface area (Å²) >= 11 is 3.31. The van der Waals surface area contributed by atoms with Crippen LogP contribution in [0.2, 0.25) is 0 Å². The molecule has 0 radical (unpaired) electrons. The van der Waals surface area contributed by atoms with Gasteiger partial charge in [-0.25, -0.2) is 8.78 Å². The topological polar surface area (TPSA) is 38.7 Å². The number of ether oxygens (including phenoxy) is 2. The fraction of sp³-hybridized carbons (Fsp3) is 0.200. The molecule has 0 spiro atoms.